The number of fused-ring (bicyclic) bond motifs is 10. The van der Waals surface area contributed by atoms with Crippen LogP contribution in [0.3, 0.4) is 0 Å². The maximum absolute atomic E-state index is 2.50. The molecule has 11 aromatic carbocycles. The van der Waals surface area contributed by atoms with E-state index in [2.05, 4.69) is 266 Å². The fraction of sp³-hybridized carbons (Fsp3) is 0.0476. The Morgan fingerprint density at radius 3 is 1.23 bits per heavy atom. The molecule has 0 saturated heterocycles. The van der Waals surface area contributed by atoms with E-state index in [-0.39, 0.29) is 5.41 Å². The summed E-state index contributed by atoms with van der Waals surface area (Å²) < 4.78 is 0. The van der Waals surface area contributed by atoms with Crippen molar-refractivity contribution in [2.45, 2.75) is 19.3 Å². The van der Waals surface area contributed by atoms with E-state index in [9.17, 15) is 0 Å². The molecule has 308 valence electrons. The van der Waals surface area contributed by atoms with Crippen LogP contribution >= 0.6 is 0 Å². The molecule has 0 spiro atoms. The van der Waals surface area contributed by atoms with Gasteiger partial charge in [0.05, 0.1) is 5.69 Å². The molecule has 0 unspecified atom stereocenters. The van der Waals surface area contributed by atoms with Crippen LogP contribution in [0, 0.1) is 0 Å². The second-order valence-electron chi connectivity index (χ2n) is 17.7. The van der Waals surface area contributed by atoms with Crippen LogP contribution in [0.15, 0.2) is 243 Å². The monoisotopic (exact) mass is 830 g/mol. The van der Waals surface area contributed by atoms with Crippen LogP contribution in [0.1, 0.15) is 25.0 Å². The zero-order valence-electron chi connectivity index (χ0n) is 36.5. The number of hydrogen-bond donors (Lipinski definition) is 0. The lowest BCUT2D eigenvalue weighted by Gasteiger charge is -2.30. The van der Waals surface area contributed by atoms with Gasteiger partial charge < -0.3 is 9.80 Å². The minimum atomic E-state index is -0.320. The Morgan fingerprint density at radius 1 is 0.277 bits per heavy atom. The first kappa shape index (κ1) is 38.5. The standard InChI is InChI=1S/C63H46N2/c1-63(2)58-42-59(65(48-25-13-6-14-26-48)50-37-33-46(34-38-50)44-21-9-4-10-22-44)53-28-16-18-30-55(53)60(58)61-54-29-17-15-27-52(54)57-41-51(39-40-56(57)62(61)63)64(47-23-11-5-12-24-47)49-35-31-45(32-36-49)43-19-7-3-8-20-43/h3-42H,1-2H3. The molecule has 65 heavy (non-hydrogen) atoms. The van der Waals surface area contributed by atoms with Gasteiger partial charge in [0.15, 0.2) is 0 Å². The quantitative estimate of drug-likeness (QED) is 0.141. The molecular weight excluding hydrogens is 785 g/mol. The minimum Gasteiger partial charge on any atom is -0.310 e. The molecule has 12 rings (SSSR count). The van der Waals surface area contributed by atoms with Gasteiger partial charge >= 0.3 is 0 Å². The molecule has 2 nitrogen and oxygen atoms in total. The Morgan fingerprint density at radius 2 is 0.677 bits per heavy atom. The average molecular weight is 831 g/mol. The number of para-hydroxylation sites is 2. The van der Waals surface area contributed by atoms with Gasteiger partial charge in [0.1, 0.15) is 0 Å². The summed E-state index contributed by atoms with van der Waals surface area (Å²) in [4.78, 5) is 4.84. The molecule has 0 heterocycles. The highest BCUT2D eigenvalue weighted by atomic mass is 15.1. The number of anilines is 6. The van der Waals surface area contributed by atoms with Crippen LogP contribution in [0.4, 0.5) is 34.1 Å². The summed E-state index contributed by atoms with van der Waals surface area (Å²) in [6, 6.07) is 88.6. The van der Waals surface area contributed by atoms with Gasteiger partial charge in [0.25, 0.3) is 0 Å². The number of hydrogen-bond acceptors (Lipinski definition) is 2. The zero-order valence-corrected chi connectivity index (χ0v) is 36.5. The molecule has 0 bridgehead atoms. The first-order valence-electron chi connectivity index (χ1n) is 22.6. The third-order valence-corrected chi connectivity index (χ3v) is 13.6. The van der Waals surface area contributed by atoms with Crippen LogP contribution in [0.5, 0.6) is 0 Å². The maximum Gasteiger partial charge on any atom is 0.0543 e. The molecule has 0 fully saturated rings. The first-order valence-corrected chi connectivity index (χ1v) is 22.6. The van der Waals surface area contributed by atoms with Gasteiger partial charge in [-0.05, 0) is 138 Å². The van der Waals surface area contributed by atoms with Crippen LogP contribution in [-0.4, -0.2) is 0 Å². The van der Waals surface area contributed by atoms with Gasteiger partial charge in [0.2, 0.25) is 0 Å². The van der Waals surface area contributed by atoms with Crippen molar-refractivity contribution >= 4 is 66.4 Å². The largest absolute Gasteiger partial charge is 0.310 e. The van der Waals surface area contributed by atoms with Crippen LogP contribution < -0.4 is 9.80 Å². The van der Waals surface area contributed by atoms with Crippen molar-refractivity contribution in [2.24, 2.45) is 0 Å². The van der Waals surface area contributed by atoms with E-state index in [1.807, 2.05) is 0 Å². The van der Waals surface area contributed by atoms with Crippen molar-refractivity contribution < 1.29 is 0 Å². The smallest absolute Gasteiger partial charge is 0.0543 e. The van der Waals surface area contributed by atoms with Crippen LogP contribution in [0.25, 0.3) is 65.7 Å². The van der Waals surface area contributed by atoms with E-state index in [1.165, 1.54) is 82.5 Å². The summed E-state index contributed by atoms with van der Waals surface area (Å²) in [5.74, 6) is 0. The fourth-order valence-electron chi connectivity index (χ4n) is 10.6. The SMILES string of the molecule is CC1(C)c2cc(N(c3ccccc3)c3ccc(-c4ccccc4)cc3)c3ccccc3c2-c2c1c1ccc(N(c3ccccc3)c3ccc(-c4ccccc4)cc3)cc1c1ccccc21. The highest BCUT2D eigenvalue weighted by molar-refractivity contribution is 6.23. The molecule has 0 aliphatic heterocycles. The predicted octanol–water partition coefficient (Wildman–Crippen LogP) is 17.7. The molecular formula is C63H46N2. The number of benzene rings is 11. The van der Waals surface area contributed by atoms with Gasteiger partial charge in [-0.25, -0.2) is 0 Å². The van der Waals surface area contributed by atoms with Crippen LogP contribution in [-0.2, 0) is 5.41 Å². The van der Waals surface area contributed by atoms with E-state index >= 15 is 0 Å². The molecule has 1 aliphatic rings. The number of nitrogens with zero attached hydrogens (tertiary/aromatic N) is 2. The van der Waals surface area contributed by atoms with Gasteiger partial charge in [-0.1, -0.05) is 190 Å². The third kappa shape index (κ3) is 6.40. The topological polar surface area (TPSA) is 6.48 Å². The number of rotatable bonds is 8. The average Bonchev–Trinajstić information content (AvgIpc) is 3.62. The molecule has 0 amide bonds. The lowest BCUT2D eigenvalue weighted by molar-refractivity contribution is 0.667. The molecule has 11 aromatic rings. The summed E-state index contributed by atoms with van der Waals surface area (Å²) >= 11 is 0. The van der Waals surface area contributed by atoms with E-state index in [0.29, 0.717) is 0 Å². The molecule has 0 saturated carbocycles. The van der Waals surface area contributed by atoms with Crippen molar-refractivity contribution in [3.8, 4) is 33.4 Å². The van der Waals surface area contributed by atoms with Crippen LogP contribution in [0.2, 0.25) is 0 Å². The van der Waals surface area contributed by atoms with Gasteiger partial charge in [0, 0.05) is 39.2 Å². The second-order valence-corrected chi connectivity index (χ2v) is 17.7. The van der Waals surface area contributed by atoms with Crippen molar-refractivity contribution in [1.82, 2.24) is 0 Å². The van der Waals surface area contributed by atoms with Gasteiger partial charge in [-0.3, -0.25) is 0 Å². The van der Waals surface area contributed by atoms with E-state index in [4.69, 9.17) is 0 Å². The first-order chi connectivity index (χ1) is 32.0. The Balaban J connectivity index is 1.05. The normalized spacial score (nSPS) is 12.6. The Hall–Kier alpha value is -8.20. The van der Waals surface area contributed by atoms with Crippen molar-refractivity contribution in [3.05, 3.63) is 254 Å². The molecule has 2 heteroatoms. The highest BCUT2D eigenvalue weighted by Crippen LogP contribution is 2.59. The Bertz CT molecular complexity index is 3530. The molecule has 1 aliphatic carbocycles. The summed E-state index contributed by atoms with van der Waals surface area (Å²) in [5.41, 5.74) is 16.7. The molecule has 0 aromatic heterocycles. The molecule has 0 radical (unpaired) electrons. The van der Waals surface area contributed by atoms with Gasteiger partial charge in [-0.2, -0.15) is 0 Å². The molecule has 0 N–H and O–H groups in total. The zero-order chi connectivity index (χ0) is 43.5. The van der Waals surface area contributed by atoms with Crippen molar-refractivity contribution in [2.75, 3.05) is 9.80 Å². The minimum absolute atomic E-state index is 0.320. The highest BCUT2D eigenvalue weighted by Gasteiger charge is 2.40. The van der Waals surface area contributed by atoms with Gasteiger partial charge in [-0.15, -0.1) is 0 Å². The van der Waals surface area contributed by atoms with Crippen molar-refractivity contribution in [1.29, 1.82) is 0 Å². The van der Waals surface area contributed by atoms with E-state index < -0.39 is 0 Å². The summed E-state index contributed by atoms with van der Waals surface area (Å²) in [6.07, 6.45) is 0. The third-order valence-electron chi connectivity index (χ3n) is 13.6. The lowest BCUT2D eigenvalue weighted by atomic mass is 9.79. The van der Waals surface area contributed by atoms with Crippen molar-refractivity contribution in [3.63, 3.8) is 0 Å². The Labute approximate surface area is 380 Å². The fourth-order valence-corrected chi connectivity index (χ4v) is 10.6. The predicted molar refractivity (Wildman–Crippen MR) is 277 cm³/mol. The molecule has 0 atom stereocenters. The lowest BCUT2D eigenvalue weighted by Crippen LogP contribution is -2.17. The Kier molecular flexibility index (Phi) is 9.21. The summed E-state index contributed by atoms with van der Waals surface area (Å²) in [5, 5.41) is 7.58. The van der Waals surface area contributed by atoms with E-state index in [1.54, 1.807) is 0 Å². The summed E-state index contributed by atoms with van der Waals surface area (Å²) in [7, 11) is 0. The van der Waals surface area contributed by atoms with E-state index in [0.717, 1.165) is 28.4 Å². The second kappa shape index (κ2) is 15.6. The maximum atomic E-state index is 2.50. The summed E-state index contributed by atoms with van der Waals surface area (Å²) in [6.45, 7) is 4.87.